The van der Waals surface area contributed by atoms with Gasteiger partial charge in [0.1, 0.15) is 0 Å². The zero-order chi connectivity index (χ0) is 15.5. The molecule has 1 unspecified atom stereocenters. The van der Waals surface area contributed by atoms with Crippen LogP contribution in [0.25, 0.3) is 0 Å². The van der Waals surface area contributed by atoms with Crippen LogP contribution in [0.1, 0.15) is 43.7 Å². The Bertz CT molecular complexity index is 578. The molecule has 5 heteroatoms. The van der Waals surface area contributed by atoms with Crippen LogP contribution in [0.5, 0.6) is 0 Å². The second-order valence-electron chi connectivity index (χ2n) is 6.03. The van der Waals surface area contributed by atoms with E-state index in [0.29, 0.717) is 17.4 Å². The van der Waals surface area contributed by atoms with E-state index < -0.39 is 10.0 Å². The van der Waals surface area contributed by atoms with Crippen LogP contribution < -0.4 is 10.0 Å². The Kier molecular flexibility index (Phi) is 5.41. The molecule has 2 N–H and O–H groups in total. The molecule has 0 saturated heterocycles. The fourth-order valence-corrected chi connectivity index (χ4v) is 4.80. The van der Waals surface area contributed by atoms with Crippen LogP contribution in [-0.4, -0.2) is 21.5 Å². The molecule has 1 aliphatic carbocycles. The molecule has 1 aliphatic rings. The van der Waals surface area contributed by atoms with Gasteiger partial charge < -0.3 is 5.32 Å². The van der Waals surface area contributed by atoms with Crippen molar-refractivity contribution in [1.29, 1.82) is 0 Å². The molecule has 0 aliphatic heterocycles. The fourth-order valence-electron chi connectivity index (χ4n) is 3.19. The van der Waals surface area contributed by atoms with E-state index in [0.717, 1.165) is 24.0 Å². The first-order valence-corrected chi connectivity index (χ1v) is 9.19. The Morgan fingerprint density at radius 1 is 1.29 bits per heavy atom. The van der Waals surface area contributed by atoms with Gasteiger partial charge in [-0.3, -0.25) is 0 Å². The normalized spacial score (nSPS) is 18.0. The molecule has 0 bridgehead atoms. The number of nitrogens with one attached hydrogen (secondary N) is 2. The van der Waals surface area contributed by atoms with E-state index in [9.17, 15) is 8.42 Å². The fraction of sp³-hybridized carbons (Fsp3) is 0.625. The second kappa shape index (κ2) is 6.90. The zero-order valence-corrected chi connectivity index (χ0v) is 14.0. The summed E-state index contributed by atoms with van der Waals surface area (Å²) in [6, 6.07) is 5.47. The highest BCUT2D eigenvalue weighted by molar-refractivity contribution is 7.89. The Morgan fingerprint density at radius 3 is 2.57 bits per heavy atom. The lowest BCUT2D eigenvalue weighted by Gasteiger charge is -2.21. The number of benzene rings is 1. The topological polar surface area (TPSA) is 58.2 Å². The summed E-state index contributed by atoms with van der Waals surface area (Å²) in [5.41, 5.74) is 1.85. The summed E-state index contributed by atoms with van der Waals surface area (Å²) in [6.45, 7) is 4.54. The van der Waals surface area contributed by atoms with Gasteiger partial charge in [0.25, 0.3) is 0 Å². The summed E-state index contributed by atoms with van der Waals surface area (Å²) < 4.78 is 28.2. The summed E-state index contributed by atoms with van der Waals surface area (Å²) in [7, 11) is -1.58. The smallest absolute Gasteiger partial charge is 0.241 e. The molecular weight excluding hydrogens is 284 g/mol. The molecule has 0 radical (unpaired) electrons. The molecule has 4 nitrogen and oxygen atoms in total. The first-order chi connectivity index (χ1) is 9.95. The highest BCUT2D eigenvalue weighted by Crippen LogP contribution is 2.28. The van der Waals surface area contributed by atoms with Crippen LogP contribution in [0.15, 0.2) is 23.1 Å². The lowest BCUT2D eigenvalue weighted by atomic mass is 10.0. The minimum atomic E-state index is -3.45. The third-order valence-corrected chi connectivity index (χ3v) is 6.20. The maximum Gasteiger partial charge on any atom is 0.241 e. The quantitative estimate of drug-likeness (QED) is 0.849. The van der Waals surface area contributed by atoms with Crippen molar-refractivity contribution in [3.8, 4) is 0 Å². The van der Waals surface area contributed by atoms with Crippen molar-refractivity contribution in [2.24, 2.45) is 5.92 Å². The summed E-state index contributed by atoms with van der Waals surface area (Å²) in [6.07, 6.45) is 4.69. The third kappa shape index (κ3) is 3.84. The van der Waals surface area contributed by atoms with Crippen molar-refractivity contribution in [2.75, 3.05) is 7.05 Å². The van der Waals surface area contributed by atoms with Crippen LogP contribution in [0.4, 0.5) is 0 Å². The average molecular weight is 310 g/mol. The predicted molar refractivity (Wildman–Crippen MR) is 85.7 cm³/mol. The van der Waals surface area contributed by atoms with E-state index in [1.165, 1.54) is 12.8 Å². The third-order valence-electron chi connectivity index (χ3n) is 4.50. The molecule has 0 heterocycles. The van der Waals surface area contributed by atoms with E-state index in [1.807, 2.05) is 33.0 Å². The van der Waals surface area contributed by atoms with Crippen molar-refractivity contribution in [3.05, 3.63) is 29.3 Å². The maximum atomic E-state index is 12.6. The highest BCUT2D eigenvalue weighted by atomic mass is 32.2. The molecule has 1 fully saturated rings. The van der Waals surface area contributed by atoms with E-state index in [4.69, 9.17) is 0 Å². The minimum Gasteiger partial charge on any atom is -0.316 e. The van der Waals surface area contributed by atoms with Crippen molar-refractivity contribution < 1.29 is 8.42 Å². The molecule has 0 spiro atoms. The Balaban J connectivity index is 2.20. The van der Waals surface area contributed by atoms with E-state index >= 15 is 0 Å². The molecule has 1 aromatic carbocycles. The Labute approximate surface area is 128 Å². The lowest BCUT2D eigenvalue weighted by molar-refractivity contribution is 0.424. The van der Waals surface area contributed by atoms with Gasteiger partial charge >= 0.3 is 0 Å². The number of rotatable bonds is 6. The lowest BCUT2D eigenvalue weighted by Crippen LogP contribution is -2.37. The molecule has 21 heavy (non-hydrogen) atoms. The van der Waals surface area contributed by atoms with Gasteiger partial charge in [-0.2, -0.15) is 0 Å². The average Bonchev–Trinajstić information content (AvgIpc) is 2.94. The summed E-state index contributed by atoms with van der Waals surface area (Å²) in [4.78, 5) is 0.403. The van der Waals surface area contributed by atoms with E-state index in [2.05, 4.69) is 10.0 Å². The van der Waals surface area contributed by atoms with Crippen LogP contribution in [-0.2, 0) is 16.6 Å². The van der Waals surface area contributed by atoms with Gasteiger partial charge in [0.2, 0.25) is 10.0 Å². The summed E-state index contributed by atoms with van der Waals surface area (Å²) in [5.74, 6) is 0.473. The number of hydrogen-bond acceptors (Lipinski definition) is 3. The van der Waals surface area contributed by atoms with Gasteiger partial charge in [0.15, 0.2) is 0 Å². The second-order valence-corrected chi connectivity index (χ2v) is 7.71. The van der Waals surface area contributed by atoms with Gasteiger partial charge in [-0.05, 0) is 56.8 Å². The SMILES string of the molecule is CNCc1cccc(S(=O)(=O)NC(C)C2CCCC2)c1C. The number of hydrogen-bond donors (Lipinski definition) is 2. The van der Waals surface area contributed by atoms with Gasteiger partial charge in [0, 0.05) is 12.6 Å². The van der Waals surface area contributed by atoms with Crippen LogP contribution in [0.2, 0.25) is 0 Å². The molecule has 2 rings (SSSR count). The Hall–Kier alpha value is -0.910. The molecule has 1 saturated carbocycles. The largest absolute Gasteiger partial charge is 0.316 e. The highest BCUT2D eigenvalue weighted by Gasteiger charge is 2.27. The van der Waals surface area contributed by atoms with Crippen LogP contribution in [0, 0.1) is 12.8 Å². The van der Waals surface area contributed by atoms with E-state index in [-0.39, 0.29) is 6.04 Å². The predicted octanol–water partition coefficient (Wildman–Crippen LogP) is 2.57. The van der Waals surface area contributed by atoms with Crippen molar-refractivity contribution in [1.82, 2.24) is 10.0 Å². The minimum absolute atomic E-state index is 0.00450. The zero-order valence-electron chi connectivity index (χ0n) is 13.1. The first-order valence-electron chi connectivity index (χ1n) is 7.71. The standard InChI is InChI=1S/C16H26N2O2S/c1-12-15(11-17-3)9-6-10-16(12)21(19,20)18-13(2)14-7-4-5-8-14/h6,9-10,13-14,17-18H,4-5,7-8,11H2,1-3H3. The molecular formula is C16H26N2O2S. The molecule has 118 valence electrons. The van der Waals surface area contributed by atoms with Gasteiger partial charge in [-0.1, -0.05) is 25.0 Å². The van der Waals surface area contributed by atoms with Crippen molar-refractivity contribution in [2.45, 2.75) is 57.0 Å². The van der Waals surface area contributed by atoms with Crippen LogP contribution >= 0.6 is 0 Å². The maximum absolute atomic E-state index is 12.6. The first kappa shape index (κ1) is 16.5. The molecule has 1 aromatic rings. The number of sulfonamides is 1. The monoisotopic (exact) mass is 310 g/mol. The van der Waals surface area contributed by atoms with Gasteiger partial charge in [-0.15, -0.1) is 0 Å². The molecule has 0 amide bonds. The van der Waals surface area contributed by atoms with Crippen molar-refractivity contribution in [3.63, 3.8) is 0 Å². The molecule has 0 aromatic heterocycles. The van der Waals surface area contributed by atoms with Gasteiger partial charge in [-0.25, -0.2) is 13.1 Å². The van der Waals surface area contributed by atoms with Gasteiger partial charge in [0.05, 0.1) is 4.90 Å². The molecule has 1 atom stereocenters. The Morgan fingerprint density at radius 2 is 1.95 bits per heavy atom. The summed E-state index contributed by atoms with van der Waals surface area (Å²) >= 11 is 0. The summed E-state index contributed by atoms with van der Waals surface area (Å²) in [5, 5.41) is 3.07. The van der Waals surface area contributed by atoms with E-state index in [1.54, 1.807) is 6.07 Å². The van der Waals surface area contributed by atoms with Crippen LogP contribution in [0.3, 0.4) is 0 Å². The van der Waals surface area contributed by atoms with Crippen molar-refractivity contribution >= 4 is 10.0 Å².